The van der Waals surface area contributed by atoms with Crippen molar-refractivity contribution >= 4 is 63.2 Å². The Morgan fingerprint density at radius 1 is 1.22 bits per heavy atom. The zero-order valence-corrected chi connectivity index (χ0v) is 21.1. The van der Waals surface area contributed by atoms with E-state index in [4.69, 9.17) is 38.8 Å². The van der Waals surface area contributed by atoms with Crippen LogP contribution in [-0.2, 0) is 4.74 Å². The maximum absolute atomic E-state index is 12.7. The molecule has 1 atom stereocenters. The molecule has 2 fully saturated rings. The van der Waals surface area contributed by atoms with E-state index in [-0.39, 0.29) is 17.2 Å². The molecule has 1 aliphatic carbocycles. The molecule has 0 bridgehead atoms. The van der Waals surface area contributed by atoms with Crippen LogP contribution in [0.2, 0.25) is 10.0 Å². The molecule has 176 valence electrons. The molecule has 0 spiro atoms. The van der Waals surface area contributed by atoms with Gasteiger partial charge in [-0.05, 0) is 43.7 Å². The van der Waals surface area contributed by atoms with Crippen LogP contribution in [-0.4, -0.2) is 35.8 Å². The number of ether oxygens (including phenoxy) is 1. The number of aromatic nitrogens is 1. The lowest BCUT2D eigenvalue weighted by molar-refractivity contribution is 0.104. The van der Waals surface area contributed by atoms with Gasteiger partial charge in [0.25, 0.3) is 0 Å². The molecule has 1 saturated heterocycles. The van der Waals surface area contributed by atoms with E-state index in [1.165, 1.54) is 55.4 Å². The fraction of sp³-hybridized carbons (Fsp3) is 0.545. The molecule has 0 amide bonds. The number of halogens is 2. The normalized spacial score (nSPS) is 18.8. The van der Waals surface area contributed by atoms with Crippen LogP contribution in [0.5, 0.6) is 0 Å². The first-order valence-electron chi connectivity index (χ1n) is 10.9. The number of nitrogens with one attached hydrogen (secondary N) is 1. The molecule has 32 heavy (non-hydrogen) atoms. The van der Waals surface area contributed by atoms with E-state index >= 15 is 0 Å². The lowest BCUT2D eigenvalue weighted by Gasteiger charge is -2.22. The topological polar surface area (TPSA) is 103 Å². The van der Waals surface area contributed by atoms with Gasteiger partial charge in [0, 0.05) is 25.0 Å². The molecule has 0 radical (unpaired) electrons. The molecule has 1 unspecified atom stereocenters. The maximum Gasteiger partial charge on any atom is 0.209 e. The zero-order valence-electron chi connectivity index (χ0n) is 17.9. The Balaban J connectivity index is 0.000000269. The number of nitrogens with zero attached hydrogens (tertiary/aromatic N) is 1. The predicted octanol–water partition coefficient (Wildman–Crippen LogP) is 6.03. The number of hydrogen-bond donors (Lipinski definition) is 3. The summed E-state index contributed by atoms with van der Waals surface area (Å²) in [7, 11) is 0. The number of anilines is 2. The summed E-state index contributed by atoms with van der Waals surface area (Å²) in [4.78, 5) is 17.4. The molecule has 1 aliphatic heterocycles. The molecule has 1 aromatic heterocycles. The van der Waals surface area contributed by atoms with Gasteiger partial charge < -0.3 is 15.8 Å². The fourth-order valence-electron chi connectivity index (χ4n) is 3.85. The Morgan fingerprint density at radius 3 is 2.56 bits per heavy atom. The summed E-state index contributed by atoms with van der Waals surface area (Å²) < 4.78 is 5.20. The Bertz CT molecular complexity index is 865. The number of thiazole rings is 1. The highest BCUT2D eigenvalue weighted by Crippen LogP contribution is 2.34. The van der Waals surface area contributed by atoms with Crippen molar-refractivity contribution in [2.45, 2.75) is 51.0 Å². The van der Waals surface area contributed by atoms with E-state index in [1.807, 2.05) is 0 Å². The SMILES string of the molecule is NSCCC1CCOC1.Nc1nc(NC2CCCCC2)sc1C(=O)c1c(Cl)cccc1Cl. The standard InChI is InChI=1S/C16H17Cl2N3OS.C6H13NOS/c17-10-7-4-8-11(18)12(10)13(22)14-15(19)21-16(23-14)20-9-5-2-1-3-6-9;7-9-4-2-6-1-3-8-5-6/h4,7-9H,1-3,5-6,19H2,(H,20,21);6H,1-5,7H2. The summed E-state index contributed by atoms with van der Waals surface area (Å²) in [6, 6.07) is 5.38. The number of rotatable bonds is 7. The van der Waals surface area contributed by atoms with Crippen molar-refractivity contribution in [3.05, 3.63) is 38.7 Å². The number of carbonyl (C=O) groups is 1. The molecule has 2 aromatic rings. The summed E-state index contributed by atoms with van der Waals surface area (Å²) in [5.74, 6) is 1.80. The van der Waals surface area contributed by atoms with E-state index in [9.17, 15) is 4.79 Å². The van der Waals surface area contributed by atoms with Crippen molar-refractivity contribution in [1.82, 2.24) is 4.98 Å². The highest BCUT2D eigenvalue weighted by atomic mass is 35.5. The summed E-state index contributed by atoms with van der Waals surface area (Å²) in [6.45, 7) is 1.92. The van der Waals surface area contributed by atoms with Gasteiger partial charge in [-0.3, -0.25) is 9.93 Å². The van der Waals surface area contributed by atoms with E-state index in [2.05, 4.69) is 10.3 Å². The summed E-state index contributed by atoms with van der Waals surface area (Å²) in [5, 5.41) is 9.98. The van der Waals surface area contributed by atoms with Crippen LogP contribution in [0.25, 0.3) is 0 Å². The zero-order chi connectivity index (χ0) is 22.9. The fourth-order valence-corrected chi connectivity index (χ4v) is 5.80. The summed E-state index contributed by atoms with van der Waals surface area (Å²) >= 11 is 14.9. The number of carbonyl (C=O) groups excluding carboxylic acids is 1. The van der Waals surface area contributed by atoms with Gasteiger partial charge in [0.05, 0.1) is 15.6 Å². The minimum atomic E-state index is -0.285. The van der Waals surface area contributed by atoms with Crippen molar-refractivity contribution < 1.29 is 9.53 Å². The summed E-state index contributed by atoms with van der Waals surface area (Å²) in [5.41, 5.74) is 6.21. The highest BCUT2D eigenvalue weighted by Gasteiger charge is 2.23. The minimum Gasteiger partial charge on any atom is -0.382 e. The van der Waals surface area contributed by atoms with Crippen LogP contribution in [0, 0.1) is 5.92 Å². The van der Waals surface area contributed by atoms with E-state index < -0.39 is 0 Å². The van der Waals surface area contributed by atoms with Crippen LogP contribution in [0.15, 0.2) is 18.2 Å². The molecule has 6 nitrogen and oxygen atoms in total. The molecular formula is C22H30Cl2N4O2S2. The third-order valence-corrected chi connectivity index (χ3v) is 7.75. The lowest BCUT2D eigenvalue weighted by atomic mass is 9.96. The average Bonchev–Trinajstić information content (AvgIpc) is 3.43. The number of hydrogen-bond acceptors (Lipinski definition) is 8. The van der Waals surface area contributed by atoms with Gasteiger partial charge in [-0.1, -0.05) is 71.8 Å². The molecule has 2 aliphatic rings. The Hall–Kier alpha value is -1.03. The largest absolute Gasteiger partial charge is 0.382 e. The number of ketones is 1. The van der Waals surface area contributed by atoms with Crippen molar-refractivity contribution in [3.8, 4) is 0 Å². The minimum absolute atomic E-state index is 0.217. The second kappa shape index (κ2) is 13.0. The lowest BCUT2D eigenvalue weighted by Crippen LogP contribution is -2.22. The predicted molar refractivity (Wildman–Crippen MR) is 137 cm³/mol. The van der Waals surface area contributed by atoms with Gasteiger partial charge in [0.15, 0.2) is 5.13 Å². The first-order valence-corrected chi connectivity index (χ1v) is 13.5. The Morgan fingerprint density at radius 2 is 1.94 bits per heavy atom. The number of nitrogen functional groups attached to an aromatic ring is 1. The van der Waals surface area contributed by atoms with Gasteiger partial charge in [-0.25, -0.2) is 4.98 Å². The second-order valence-electron chi connectivity index (χ2n) is 8.03. The van der Waals surface area contributed by atoms with E-state index in [1.54, 1.807) is 18.2 Å². The second-order valence-corrected chi connectivity index (χ2v) is 10.6. The molecule has 5 N–H and O–H groups in total. The van der Waals surface area contributed by atoms with Crippen LogP contribution in [0.1, 0.15) is 60.2 Å². The van der Waals surface area contributed by atoms with Crippen molar-refractivity contribution in [3.63, 3.8) is 0 Å². The molecule has 1 aromatic carbocycles. The molecule has 1 saturated carbocycles. The van der Waals surface area contributed by atoms with Crippen LogP contribution in [0.4, 0.5) is 10.9 Å². The first-order chi connectivity index (χ1) is 15.5. The maximum atomic E-state index is 12.7. The summed E-state index contributed by atoms with van der Waals surface area (Å²) in [6.07, 6.45) is 8.44. The number of benzene rings is 1. The van der Waals surface area contributed by atoms with Crippen LogP contribution in [0.3, 0.4) is 0 Å². The molecular weight excluding hydrogens is 487 g/mol. The Kier molecular flexibility index (Phi) is 10.4. The number of nitrogens with two attached hydrogens (primary N) is 2. The van der Waals surface area contributed by atoms with Gasteiger partial charge in [-0.2, -0.15) is 0 Å². The van der Waals surface area contributed by atoms with Gasteiger partial charge in [0.1, 0.15) is 10.7 Å². The first kappa shape index (κ1) is 25.6. The van der Waals surface area contributed by atoms with Crippen molar-refractivity contribution in [2.75, 3.05) is 30.0 Å². The average molecular weight is 518 g/mol. The van der Waals surface area contributed by atoms with Gasteiger partial charge >= 0.3 is 0 Å². The highest BCUT2D eigenvalue weighted by molar-refractivity contribution is 7.97. The third kappa shape index (κ3) is 7.23. The van der Waals surface area contributed by atoms with Crippen molar-refractivity contribution in [1.29, 1.82) is 0 Å². The monoisotopic (exact) mass is 516 g/mol. The van der Waals surface area contributed by atoms with E-state index in [0.29, 0.717) is 26.1 Å². The smallest absolute Gasteiger partial charge is 0.209 e. The van der Waals surface area contributed by atoms with Gasteiger partial charge in [-0.15, -0.1) is 0 Å². The van der Waals surface area contributed by atoms with Gasteiger partial charge in [0.2, 0.25) is 5.78 Å². The molecule has 4 rings (SSSR count). The van der Waals surface area contributed by atoms with Crippen LogP contribution >= 0.6 is 46.5 Å². The van der Waals surface area contributed by atoms with Crippen LogP contribution < -0.4 is 16.2 Å². The molecule has 10 heteroatoms. The quantitative estimate of drug-likeness (QED) is 0.304. The third-order valence-electron chi connectivity index (χ3n) is 5.65. The Labute approximate surface area is 207 Å². The molecule has 2 heterocycles. The van der Waals surface area contributed by atoms with E-state index in [0.717, 1.165) is 37.7 Å². The van der Waals surface area contributed by atoms with Crippen molar-refractivity contribution in [2.24, 2.45) is 11.1 Å².